The molecule has 0 saturated carbocycles. The summed E-state index contributed by atoms with van der Waals surface area (Å²) in [4.78, 5) is 16.0. The number of methoxy groups -OCH3 is 3. The van der Waals surface area contributed by atoms with Crippen molar-refractivity contribution in [3.05, 3.63) is 47.5 Å². The van der Waals surface area contributed by atoms with Crippen LogP contribution in [0.15, 0.2) is 36.4 Å². The van der Waals surface area contributed by atoms with Gasteiger partial charge in [-0.15, -0.1) is 0 Å². The Labute approximate surface area is 177 Å². The van der Waals surface area contributed by atoms with Gasteiger partial charge in [0.15, 0.2) is 11.5 Å². The van der Waals surface area contributed by atoms with Crippen LogP contribution in [-0.2, 0) is 4.79 Å². The molecule has 2 aromatic carbocycles. The summed E-state index contributed by atoms with van der Waals surface area (Å²) in [6, 6.07) is 11.0. The van der Waals surface area contributed by atoms with E-state index in [0.717, 1.165) is 23.2 Å². The third kappa shape index (κ3) is 4.16. The first kappa shape index (κ1) is 21.8. The second-order valence-electron chi connectivity index (χ2n) is 7.57. The van der Waals surface area contributed by atoms with Gasteiger partial charge in [0.25, 0.3) is 0 Å². The van der Waals surface area contributed by atoms with Gasteiger partial charge in [-0.3, -0.25) is 9.69 Å². The van der Waals surface area contributed by atoms with Crippen LogP contribution in [0.3, 0.4) is 0 Å². The average molecular weight is 415 g/mol. The van der Waals surface area contributed by atoms with Crippen molar-refractivity contribution in [2.45, 2.75) is 24.9 Å². The Morgan fingerprint density at radius 2 is 1.63 bits per heavy atom. The summed E-state index contributed by atoms with van der Waals surface area (Å²) in [5.41, 5.74) is 2.92. The zero-order valence-electron chi connectivity index (χ0n) is 18.2. The van der Waals surface area contributed by atoms with Crippen LogP contribution in [0.2, 0.25) is 0 Å². The molecular formula is C23H30N2O5. The van der Waals surface area contributed by atoms with Gasteiger partial charge in [-0.2, -0.15) is 0 Å². The molecule has 30 heavy (non-hydrogen) atoms. The van der Waals surface area contributed by atoms with Gasteiger partial charge in [0.2, 0.25) is 0 Å². The van der Waals surface area contributed by atoms with Crippen LogP contribution < -0.4 is 19.1 Å². The molecule has 1 heterocycles. The molecule has 2 aromatic rings. The normalized spacial score (nSPS) is 17.4. The fraction of sp³-hybridized carbons (Fsp3) is 0.435. The number of hydrogen-bond acceptors (Lipinski definition) is 6. The Morgan fingerprint density at radius 1 is 1.03 bits per heavy atom. The number of rotatable bonds is 8. The van der Waals surface area contributed by atoms with Crippen molar-refractivity contribution in [1.29, 1.82) is 0 Å². The predicted molar refractivity (Wildman–Crippen MR) is 116 cm³/mol. The molecule has 2 unspecified atom stereocenters. The summed E-state index contributed by atoms with van der Waals surface area (Å²) in [5.74, 6) is 0.970. The Morgan fingerprint density at radius 3 is 2.17 bits per heavy atom. The highest BCUT2D eigenvalue weighted by Crippen LogP contribution is 2.44. The summed E-state index contributed by atoms with van der Waals surface area (Å²) >= 11 is 0. The van der Waals surface area contributed by atoms with Gasteiger partial charge in [-0.1, -0.05) is 12.1 Å². The van der Waals surface area contributed by atoms with Crippen LogP contribution in [0.4, 0.5) is 5.69 Å². The molecule has 2 atom stereocenters. The van der Waals surface area contributed by atoms with E-state index in [0.29, 0.717) is 30.2 Å². The molecule has 1 N–H and O–H groups in total. The number of benzene rings is 2. The highest BCUT2D eigenvalue weighted by Gasteiger charge is 2.38. The molecule has 0 amide bonds. The van der Waals surface area contributed by atoms with Crippen molar-refractivity contribution in [1.82, 2.24) is 4.90 Å². The van der Waals surface area contributed by atoms with Crippen LogP contribution in [0.5, 0.6) is 17.2 Å². The SMILES string of the molecule is COc1cc(OC)c(C(c2ccc(N(C)C)cc2)N2CCCC2C(=O)O)cc1OC. The zero-order valence-corrected chi connectivity index (χ0v) is 18.2. The number of carbonyl (C=O) groups is 1. The number of carboxylic acids is 1. The lowest BCUT2D eigenvalue weighted by Gasteiger charge is -2.33. The maximum absolute atomic E-state index is 12.0. The second-order valence-corrected chi connectivity index (χ2v) is 7.57. The molecule has 0 aliphatic carbocycles. The van der Waals surface area contributed by atoms with Crippen molar-refractivity contribution in [2.75, 3.05) is 46.9 Å². The number of likely N-dealkylation sites (tertiary alicyclic amines) is 1. The van der Waals surface area contributed by atoms with Gasteiger partial charge in [0, 0.05) is 38.0 Å². The van der Waals surface area contributed by atoms with Gasteiger partial charge in [-0.05, 0) is 36.6 Å². The van der Waals surface area contributed by atoms with Crippen molar-refractivity contribution < 1.29 is 24.1 Å². The van der Waals surface area contributed by atoms with E-state index in [1.807, 2.05) is 54.2 Å². The number of aliphatic carboxylic acids is 1. The van der Waals surface area contributed by atoms with Crippen LogP contribution in [-0.4, -0.2) is 64.0 Å². The summed E-state index contributed by atoms with van der Waals surface area (Å²) in [6.45, 7) is 0.689. The lowest BCUT2D eigenvalue weighted by molar-refractivity contribution is -0.142. The second kappa shape index (κ2) is 9.26. The predicted octanol–water partition coefficient (Wildman–Crippen LogP) is 3.42. The number of ether oxygens (including phenoxy) is 3. The molecule has 3 rings (SSSR count). The topological polar surface area (TPSA) is 71.5 Å². The molecule has 7 heteroatoms. The minimum atomic E-state index is -0.804. The Hall–Kier alpha value is -2.93. The van der Waals surface area contributed by atoms with Crippen molar-refractivity contribution in [2.24, 2.45) is 0 Å². The molecule has 162 valence electrons. The first-order valence-electron chi connectivity index (χ1n) is 9.97. The van der Waals surface area contributed by atoms with E-state index < -0.39 is 12.0 Å². The molecule has 0 radical (unpaired) electrons. The number of hydrogen-bond donors (Lipinski definition) is 1. The van der Waals surface area contributed by atoms with Crippen LogP contribution in [0.1, 0.15) is 30.0 Å². The molecule has 7 nitrogen and oxygen atoms in total. The van der Waals surface area contributed by atoms with Gasteiger partial charge < -0.3 is 24.2 Å². The summed E-state index contributed by atoms with van der Waals surface area (Å²) < 4.78 is 16.6. The van der Waals surface area contributed by atoms with Crippen molar-refractivity contribution >= 4 is 11.7 Å². The Balaban J connectivity index is 2.18. The van der Waals surface area contributed by atoms with Crippen LogP contribution >= 0.6 is 0 Å². The van der Waals surface area contributed by atoms with Gasteiger partial charge >= 0.3 is 5.97 Å². The van der Waals surface area contributed by atoms with E-state index in [-0.39, 0.29) is 6.04 Å². The maximum Gasteiger partial charge on any atom is 0.320 e. The fourth-order valence-electron chi connectivity index (χ4n) is 4.13. The Kier molecular flexibility index (Phi) is 6.72. The molecule has 1 fully saturated rings. The highest BCUT2D eigenvalue weighted by molar-refractivity contribution is 5.74. The maximum atomic E-state index is 12.0. The van der Waals surface area contributed by atoms with E-state index in [4.69, 9.17) is 14.2 Å². The van der Waals surface area contributed by atoms with Gasteiger partial charge in [0.1, 0.15) is 11.8 Å². The summed E-state index contributed by atoms with van der Waals surface area (Å²) in [7, 11) is 8.76. The number of carboxylic acid groups (broad SMARTS) is 1. The third-order valence-corrected chi connectivity index (χ3v) is 5.67. The lowest BCUT2D eigenvalue weighted by Crippen LogP contribution is -2.39. The van der Waals surface area contributed by atoms with Crippen LogP contribution in [0, 0.1) is 0 Å². The van der Waals surface area contributed by atoms with E-state index in [1.165, 1.54) is 0 Å². The zero-order chi connectivity index (χ0) is 21.8. The minimum Gasteiger partial charge on any atom is -0.496 e. The number of anilines is 1. The molecule has 1 aliphatic rings. The largest absolute Gasteiger partial charge is 0.496 e. The molecule has 0 aromatic heterocycles. The third-order valence-electron chi connectivity index (χ3n) is 5.67. The molecular weight excluding hydrogens is 384 g/mol. The first-order valence-corrected chi connectivity index (χ1v) is 9.97. The van der Waals surface area contributed by atoms with Crippen molar-refractivity contribution in [3.8, 4) is 17.2 Å². The quantitative estimate of drug-likeness (QED) is 0.710. The lowest BCUT2D eigenvalue weighted by atomic mass is 9.94. The van der Waals surface area contributed by atoms with E-state index >= 15 is 0 Å². The minimum absolute atomic E-state index is 0.292. The molecule has 1 saturated heterocycles. The fourth-order valence-corrected chi connectivity index (χ4v) is 4.13. The van der Waals surface area contributed by atoms with Gasteiger partial charge in [0.05, 0.1) is 27.4 Å². The van der Waals surface area contributed by atoms with E-state index in [9.17, 15) is 9.90 Å². The van der Waals surface area contributed by atoms with Crippen LogP contribution in [0.25, 0.3) is 0 Å². The molecule has 0 bridgehead atoms. The average Bonchev–Trinajstić information content (AvgIpc) is 3.23. The monoisotopic (exact) mass is 414 g/mol. The standard InChI is InChI=1S/C23H30N2O5/c1-24(2)16-10-8-15(9-11-16)22(25-12-6-7-18(25)23(26)27)17-13-20(29-4)21(30-5)14-19(17)28-3/h8-11,13-14,18,22H,6-7,12H2,1-5H3,(H,26,27). The van der Waals surface area contributed by atoms with E-state index in [1.54, 1.807) is 27.4 Å². The smallest absolute Gasteiger partial charge is 0.320 e. The van der Waals surface area contributed by atoms with Crippen molar-refractivity contribution in [3.63, 3.8) is 0 Å². The molecule has 1 aliphatic heterocycles. The number of nitrogens with zero attached hydrogens (tertiary/aromatic N) is 2. The first-order chi connectivity index (χ1) is 14.4. The molecule has 0 spiro atoms. The summed E-state index contributed by atoms with van der Waals surface area (Å²) in [5, 5.41) is 9.83. The van der Waals surface area contributed by atoms with E-state index in [2.05, 4.69) is 0 Å². The Bertz CT molecular complexity index is 882. The highest BCUT2D eigenvalue weighted by atomic mass is 16.5. The van der Waals surface area contributed by atoms with Gasteiger partial charge in [-0.25, -0.2) is 0 Å². The summed E-state index contributed by atoms with van der Waals surface area (Å²) in [6.07, 6.45) is 1.45.